The van der Waals surface area contributed by atoms with Crippen LogP contribution in [0.3, 0.4) is 0 Å². The number of fused-ring (bicyclic) bond motifs is 1. The molecule has 0 fully saturated rings. The van der Waals surface area contributed by atoms with Gasteiger partial charge in [0, 0.05) is 33.7 Å². The molecule has 0 bridgehead atoms. The van der Waals surface area contributed by atoms with Gasteiger partial charge < -0.3 is 10.3 Å². The van der Waals surface area contributed by atoms with E-state index in [2.05, 4.69) is 20.5 Å². The monoisotopic (exact) mass is 466 g/mol. The maximum atomic E-state index is 14.3. The summed E-state index contributed by atoms with van der Waals surface area (Å²) in [7, 11) is 1.46. The molecule has 3 aromatic heterocycles. The van der Waals surface area contributed by atoms with Crippen molar-refractivity contribution in [2.24, 2.45) is 0 Å². The standard InChI is InChI=1S/C19H14ClF2N4O2PS/c20-16-2-1-10(30-16)8-23-18(28)14-7-15(27)11-5-9(13-3-4-24-26-13)6-12(17(11)25-14)19(21,22)29/h1-7H,8,29H2,(H,23,28)(H,24,26)(H,25,27). The van der Waals surface area contributed by atoms with E-state index in [4.69, 9.17) is 11.6 Å². The molecule has 4 aromatic rings. The van der Waals surface area contributed by atoms with E-state index < -0.39 is 22.6 Å². The second-order valence-corrected chi connectivity index (χ2v) is 9.00. The van der Waals surface area contributed by atoms with Gasteiger partial charge >= 0.3 is 0 Å². The lowest BCUT2D eigenvalue weighted by atomic mass is 10.0. The number of hydrogen-bond acceptors (Lipinski definition) is 4. The van der Waals surface area contributed by atoms with E-state index in [1.54, 1.807) is 18.2 Å². The van der Waals surface area contributed by atoms with Gasteiger partial charge in [0.15, 0.2) is 5.43 Å². The predicted octanol–water partition coefficient (Wildman–Crippen LogP) is 4.49. The third-order valence-electron chi connectivity index (χ3n) is 4.41. The van der Waals surface area contributed by atoms with Crippen LogP contribution in [0, 0.1) is 0 Å². The van der Waals surface area contributed by atoms with Gasteiger partial charge in [-0.3, -0.25) is 14.7 Å². The number of alkyl halides is 2. The summed E-state index contributed by atoms with van der Waals surface area (Å²) in [5, 5.41) is 9.20. The van der Waals surface area contributed by atoms with E-state index in [9.17, 15) is 18.4 Å². The molecule has 0 aliphatic carbocycles. The highest BCUT2D eigenvalue weighted by Gasteiger charge is 2.29. The van der Waals surface area contributed by atoms with Crippen molar-refractivity contribution >= 4 is 49.0 Å². The first-order valence-electron chi connectivity index (χ1n) is 8.63. The smallest absolute Gasteiger partial charge is 0.285 e. The minimum Gasteiger partial charge on any atom is -0.350 e. The lowest BCUT2D eigenvalue weighted by molar-refractivity contribution is 0.0944. The van der Waals surface area contributed by atoms with Crippen LogP contribution >= 0.6 is 32.2 Å². The molecule has 154 valence electrons. The van der Waals surface area contributed by atoms with Crippen LogP contribution in [0.15, 0.2) is 47.4 Å². The molecule has 1 amide bonds. The van der Waals surface area contributed by atoms with Crippen LogP contribution in [-0.4, -0.2) is 21.1 Å². The Kier molecular flexibility index (Phi) is 5.44. The fourth-order valence-electron chi connectivity index (χ4n) is 3.02. The first-order valence-corrected chi connectivity index (χ1v) is 10.4. The molecule has 1 unspecified atom stereocenters. The molecule has 0 saturated carbocycles. The Morgan fingerprint density at radius 3 is 2.70 bits per heavy atom. The first-order chi connectivity index (χ1) is 14.2. The number of hydrogen-bond donors (Lipinski definition) is 3. The second kappa shape index (κ2) is 7.91. The average Bonchev–Trinajstić information content (AvgIpc) is 3.36. The van der Waals surface area contributed by atoms with Gasteiger partial charge in [0.2, 0.25) is 0 Å². The number of H-pyrrole nitrogens is 2. The summed E-state index contributed by atoms with van der Waals surface area (Å²) in [6, 6.07) is 8.92. The lowest BCUT2D eigenvalue weighted by Gasteiger charge is -2.16. The van der Waals surface area contributed by atoms with Gasteiger partial charge in [-0.1, -0.05) is 20.8 Å². The summed E-state index contributed by atoms with van der Waals surface area (Å²) in [4.78, 5) is 28.7. The fourth-order valence-corrected chi connectivity index (χ4v) is 4.27. The Hall–Kier alpha value is -2.61. The average molecular weight is 467 g/mol. The highest BCUT2D eigenvalue weighted by Crippen LogP contribution is 2.40. The molecule has 3 heterocycles. The summed E-state index contributed by atoms with van der Waals surface area (Å²) < 4.78 is 29.3. The minimum atomic E-state index is -3.33. The molecule has 0 saturated heterocycles. The molecule has 4 rings (SSSR count). The summed E-state index contributed by atoms with van der Waals surface area (Å²) in [5.74, 6) is -0.589. The van der Waals surface area contributed by atoms with E-state index in [0.29, 0.717) is 15.6 Å². The number of nitrogens with one attached hydrogen (secondary N) is 3. The van der Waals surface area contributed by atoms with E-state index in [0.717, 1.165) is 10.9 Å². The SMILES string of the molecule is O=C(NCc1ccc(Cl)s1)c1cc(=O)c2cc(-c3ccn[nH]3)cc(C(F)(F)P)c2[nH]1. The van der Waals surface area contributed by atoms with Crippen molar-refractivity contribution in [3.05, 3.63) is 73.3 Å². The van der Waals surface area contributed by atoms with Gasteiger partial charge in [-0.15, -0.1) is 11.3 Å². The molecule has 1 aromatic carbocycles. The molecular formula is C19H14ClF2N4O2PS. The van der Waals surface area contributed by atoms with E-state index >= 15 is 0 Å². The number of aromatic nitrogens is 3. The number of amides is 1. The van der Waals surface area contributed by atoms with Crippen molar-refractivity contribution in [1.82, 2.24) is 20.5 Å². The van der Waals surface area contributed by atoms with E-state index in [-0.39, 0.29) is 23.1 Å². The topological polar surface area (TPSA) is 90.6 Å². The lowest BCUT2D eigenvalue weighted by Crippen LogP contribution is -2.25. The maximum Gasteiger partial charge on any atom is 0.285 e. The molecule has 6 nitrogen and oxygen atoms in total. The number of thiophene rings is 1. The van der Waals surface area contributed by atoms with Crippen molar-refractivity contribution in [2.45, 2.75) is 12.2 Å². The van der Waals surface area contributed by atoms with Gasteiger partial charge in [-0.25, -0.2) is 0 Å². The predicted molar refractivity (Wildman–Crippen MR) is 116 cm³/mol. The van der Waals surface area contributed by atoms with Gasteiger partial charge in [-0.2, -0.15) is 13.9 Å². The van der Waals surface area contributed by atoms with Crippen molar-refractivity contribution < 1.29 is 13.6 Å². The summed E-state index contributed by atoms with van der Waals surface area (Å²) >= 11 is 7.17. The Bertz CT molecular complexity index is 1300. The second-order valence-electron chi connectivity index (χ2n) is 6.48. The van der Waals surface area contributed by atoms with Crippen LogP contribution in [0.25, 0.3) is 22.2 Å². The number of carbonyl (C=O) groups is 1. The Morgan fingerprint density at radius 2 is 2.07 bits per heavy atom. The molecule has 0 spiro atoms. The zero-order valence-electron chi connectivity index (χ0n) is 15.1. The van der Waals surface area contributed by atoms with Crippen molar-refractivity contribution in [3.63, 3.8) is 0 Å². The number of rotatable bonds is 5. The van der Waals surface area contributed by atoms with Crippen LogP contribution in [0.2, 0.25) is 4.34 Å². The molecule has 0 aliphatic heterocycles. The summed E-state index contributed by atoms with van der Waals surface area (Å²) in [6.07, 6.45) is 1.48. The Labute approximate surface area is 179 Å². The Balaban J connectivity index is 1.77. The largest absolute Gasteiger partial charge is 0.350 e. The van der Waals surface area contributed by atoms with Crippen LogP contribution in [0.4, 0.5) is 8.78 Å². The quantitative estimate of drug-likeness (QED) is 0.379. The van der Waals surface area contributed by atoms with Crippen LogP contribution in [0.1, 0.15) is 20.9 Å². The number of nitrogens with zero attached hydrogens (tertiary/aromatic N) is 1. The summed E-state index contributed by atoms with van der Waals surface area (Å²) in [5.41, 5.74) is -3.65. The van der Waals surface area contributed by atoms with Gasteiger partial charge in [0.1, 0.15) is 5.69 Å². The highest BCUT2D eigenvalue weighted by atomic mass is 35.5. The molecule has 30 heavy (non-hydrogen) atoms. The normalized spacial score (nSPS) is 11.7. The van der Waals surface area contributed by atoms with Crippen molar-refractivity contribution in [1.29, 1.82) is 0 Å². The van der Waals surface area contributed by atoms with Crippen LogP contribution < -0.4 is 10.7 Å². The molecule has 11 heteroatoms. The van der Waals surface area contributed by atoms with Crippen molar-refractivity contribution in [2.75, 3.05) is 0 Å². The number of pyridine rings is 1. The van der Waals surface area contributed by atoms with E-state index in [1.165, 1.54) is 38.9 Å². The number of carbonyl (C=O) groups excluding carboxylic acids is 1. The van der Waals surface area contributed by atoms with Gasteiger partial charge in [0.25, 0.3) is 11.6 Å². The molecule has 3 N–H and O–H groups in total. The molecule has 1 atom stereocenters. The fraction of sp³-hybridized carbons (Fsp3) is 0.105. The Morgan fingerprint density at radius 1 is 1.27 bits per heavy atom. The number of benzene rings is 1. The number of aromatic amines is 2. The minimum absolute atomic E-state index is 0.0424. The number of halogens is 3. The van der Waals surface area contributed by atoms with Gasteiger partial charge in [-0.05, 0) is 30.3 Å². The molecule has 0 radical (unpaired) electrons. The van der Waals surface area contributed by atoms with Crippen LogP contribution in [-0.2, 0) is 12.2 Å². The summed E-state index contributed by atoms with van der Waals surface area (Å²) in [6.45, 7) is 0.196. The van der Waals surface area contributed by atoms with Crippen molar-refractivity contribution in [3.8, 4) is 11.3 Å². The third-order valence-corrected chi connectivity index (χ3v) is 5.95. The van der Waals surface area contributed by atoms with Crippen LogP contribution in [0.5, 0.6) is 0 Å². The molecular weight excluding hydrogens is 453 g/mol. The first kappa shape index (κ1) is 20.7. The highest BCUT2D eigenvalue weighted by molar-refractivity contribution is 7.17. The van der Waals surface area contributed by atoms with Gasteiger partial charge in [0.05, 0.1) is 22.1 Å². The zero-order valence-corrected chi connectivity index (χ0v) is 17.9. The maximum absolute atomic E-state index is 14.3. The van der Waals surface area contributed by atoms with E-state index in [1.807, 2.05) is 0 Å². The zero-order chi connectivity index (χ0) is 21.5. The molecule has 0 aliphatic rings. The third kappa shape index (κ3) is 4.14.